The van der Waals surface area contributed by atoms with Gasteiger partial charge in [0.25, 0.3) is 0 Å². The molecule has 0 rings (SSSR count). The fourth-order valence-corrected chi connectivity index (χ4v) is 0.436. The molecule has 0 aromatic carbocycles. The summed E-state index contributed by atoms with van der Waals surface area (Å²) in [5, 5.41) is 0. The molecule has 0 aromatic heterocycles. The van der Waals surface area contributed by atoms with Crippen molar-refractivity contribution in [2.24, 2.45) is 0 Å². The lowest BCUT2D eigenvalue weighted by molar-refractivity contribution is 0.291. The van der Waals surface area contributed by atoms with E-state index in [9.17, 15) is 4.39 Å². The zero-order chi connectivity index (χ0) is 10.6. The van der Waals surface area contributed by atoms with E-state index < -0.39 is 6.17 Å². The molecule has 0 aliphatic rings. The van der Waals surface area contributed by atoms with Crippen LogP contribution in [0.1, 0.15) is 41.0 Å². The van der Waals surface area contributed by atoms with Crippen molar-refractivity contribution in [2.45, 2.75) is 47.2 Å². The van der Waals surface area contributed by atoms with Crippen LogP contribution in [0.3, 0.4) is 0 Å². The van der Waals surface area contributed by atoms with Gasteiger partial charge < -0.3 is 4.90 Å². The number of hydrogen-bond donors (Lipinski definition) is 0. The Morgan fingerprint density at radius 2 is 1.42 bits per heavy atom. The summed E-state index contributed by atoms with van der Waals surface area (Å²) in [5.41, 5.74) is 0. The highest BCUT2D eigenvalue weighted by atomic mass is 19.1. The molecule has 12 heavy (non-hydrogen) atoms. The Labute approximate surface area is 78.0 Å². The van der Waals surface area contributed by atoms with Gasteiger partial charge in [0, 0.05) is 6.54 Å². The second kappa shape index (κ2) is 17.1. The van der Waals surface area contributed by atoms with Crippen LogP contribution in [0.15, 0.2) is 0 Å². The molecule has 0 aromatic rings. The number of hydrogen-bond acceptors (Lipinski definition) is 1. The summed E-state index contributed by atoms with van der Waals surface area (Å²) in [6.07, 6.45) is -0.00935. The molecule has 0 heterocycles. The van der Waals surface area contributed by atoms with Crippen molar-refractivity contribution in [1.82, 2.24) is 4.90 Å². The Morgan fingerprint density at radius 1 is 1.08 bits per heavy atom. The van der Waals surface area contributed by atoms with E-state index in [1.807, 2.05) is 46.7 Å². The zero-order valence-electron chi connectivity index (χ0n) is 9.82. The Bertz CT molecular complexity index is 45.8. The van der Waals surface area contributed by atoms with Crippen molar-refractivity contribution in [3.05, 3.63) is 0 Å². The van der Waals surface area contributed by atoms with E-state index in [0.717, 1.165) is 6.54 Å². The monoisotopic (exact) mass is 179 g/mol. The third-order valence-electron chi connectivity index (χ3n) is 0.974. The first-order valence-electron chi connectivity index (χ1n) is 4.91. The van der Waals surface area contributed by atoms with Crippen LogP contribution in [0.2, 0.25) is 0 Å². The second-order valence-corrected chi connectivity index (χ2v) is 2.37. The number of nitrogens with zero attached hydrogens (tertiary/aromatic N) is 1. The second-order valence-electron chi connectivity index (χ2n) is 2.37. The molecule has 0 radical (unpaired) electrons. The Morgan fingerprint density at radius 3 is 1.50 bits per heavy atom. The van der Waals surface area contributed by atoms with Crippen molar-refractivity contribution in [2.75, 3.05) is 20.6 Å². The Kier molecular flexibility index (Phi) is 25.4. The molecule has 0 aliphatic heterocycles. The lowest BCUT2D eigenvalue weighted by Crippen LogP contribution is -2.15. The summed E-state index contributed by atoms with van der Waals surface area (Å²) in [7, 11) is 3.89. The van der Waals surface area contributed by atoms with Crippen molar-refractivity contribution < 1.29 is 4.39 Å². The highest BCUT2D eigenvalue weighted by Gasteiger charge is 1.96. The SMILES string of the molecule is CC.CC.CC(F)CCN(C)C. The largest absolute Gasteiger partial charge is 0.309 e. The fourth-order valence-electron chi connectivity index (χ4n) is 0.436. The van der Waals surface area contributed by atoms with Crippen LogP contribution in [-0.4, -0.2) is 31.7 Å². The van der Waals surface area contributed by atoms with Gasteiger partial charge in [-0.05, 0) is 27.4 Å². The molecule has 1 nitrogen and oxygen atoms in total. The van der Waals surface area contributed by atoms with Crippen LogP contribution in [0, 0.1) is 0 Å². The van der Waals surface area contributed by atoms with Gasteiger partial charge >= 0.3 is 0 Å². The molecule has 0 saturated carbocycles. The van der Waals surface area contributed by atoms with E-state index in [4.69, 9.17) is 0 Å². The van der Waals surface area contributed by atoms with Crippen LogP contribution in [0.25, 0.3) is 0 Å². The van der Waals surface area contributed by atoms with Crippen LogP contribution in [0.4, 0.5) is 4.39 Å². The topological polar surface area (TPSA) is 3.24 Å². The van der Waals surface area contributed by atoms with E-state index >= 15 is 0 Å². The molecule has 0 aliphatic carbocycles. The average molecular weight is 179 g/mol. The average Bonchev–Trinajstić information content (AvgIpc) is 2.08. The summed E-state index contributed by atoms with van der Waals surface area (Å²) < 4.78 is 12.0. The van der Waals surface area contributed by atoms with Crippen molar-refractivity contribution in [3.8, 4) is 0 Å². The molecular weight excluding hydrogens is 153 g/mol. The van der Waals surface area contributed by atoms with Gasteiger partial charge in [0.2, 0.25) is 0 Å². The molecule has 1 unspecified atom stereocenters. The summed E-state index contributed by atoms with van der Waals surface area (Å²) in [6.45, 7) is 10.4. The lowest BCUT2D eigenvalue weighted by atomic mass is 10.3. The molecule has 78 valence electrons. The van der Waals surface area contributed by atoms with Gasteiger partial charge in [0.15, 0.2) is 0 Å². The van der Waals surface area contributed by atoms with Gasteiger partial charge in [-0.25, -0.2) is 4.39 Å². The van der Waals surface area contributed by atoms with Crippen molar-refractivity contribution in [3.63, 3.8) is 0 Å². The third-order valence-corrected chi connectivity index (χ3v) is 0.974. The molecule has 0 saturated heterocycles. The zero-order valence-corrected chi connectivity index (χ0v) is 9.82. The third kappa shape index (κ3) is 32.7. The smallest absolute Gasteiger partial charge is 0.0985 e. The molecule has 2 heteroatoms. The first-order valence-corrected chi connectivity index (χ1v) is 4.91. The number of halogens is 1. The van der Waals surface area contributed by atoms with E-state index in [1.54, 1.807) is 6.92 Å². The summed E-state index contributed by atoms with van der Waals surface area (Å²) in [4.78, 5) is 1.98. The van der Waals surface area contributed by atoms with Gasteiger partial charge in [0.05, 0.1) is 6.17 Å². The van der Waals surface area contributed by atoms with Gasteiger partial charge in [-0.1, -0.05) is 27.7 Å². The molecule has 0 amide bonds. The van der Waals surface area contributed by atoms with Gasteiger partial charge in [-0.2, -0.15) is 0 Å². The molecule has 0 N–H and O–H groups in total. The molecule has 0 fully saturated rings. The molecule has 0 spiro atoms. The van der Waals surface area contributed by atoms with Gasteiger partial charge in [-0.3, -0.25) is 0 Å². The normalized spacial score (nSPS) is 10.8. The van der Waals surface area contributed by atoms with Crippen LogP contribution in [-0.2, 0) is 0 Å². The van der Waals surface area contributed by atoms with Crippen LogP contribution < -0.4 is 0 Å². The van der Waals surface area contributed by atoms with E-state index in [1.165, 1.54) is 0 Å². The van der Waals surface area contributed by atoms with E-state index in [-0.39, 0.29) is 0 Å². The summed E-state index contributed by atoms with van der Waals surface area (Å²) in [5.74, 6) is 0. The minimum absolute atomic E-state index is 0.646. The standard InChI is InChI=1S/C6H14FN.2C2H6/c1-6(7)4-5-8(2)3;2*1-2/h6H,4-5H2,1-3H3;2*1-2H3. The molecular formula is C10H26FN. The minimum Gasteiger partial charge on any atom is -0.309 e. The Balaban J connectivity index is -0.000000175. The molecule has 1 atom stereocenters. The summed E-state index contributed by atoms with van der Waals surface area (Å²) >= 11 is 0. The lowest BCUT2D eigenvalue weighted by Gasteiger charge is -2.08. The maximum absolute atomic E-state index is 12.0. The number of rotatable bonds is 3. The summed E-state index contributed by atoms with van der Waals surface area (Å²) in [6, 6.07) is 0. The quantitative estimate of drug-likeness (QED) is 0.642. The van der Waals surface area contributed by atoms with Crippen molar-refractivity contribution in [1.29, 1.82) is 0 Å². The van der Waals surface area contributed by atoms with Crippen molar-refractivity contribution >= 4 is 0 Å². The van der Waals surface area contributed by atoms with Gasteiger partial charge in [-0.15, -0.1) is 0 Å². The maximum atomic E-state index is 12.0. The Hall–Kier alpha value is -0.110. The van der Waals surface area contributed by atoms with Crippen LogP contribution >= 0.6 is 0 Å². The fraction of sp³-hybridized carbons (Fsp3) is 1.00. The highest BCUT2D eigenvalue weighted by Crippen LogP contribution is 1.94. The van der Waals surface area contributed by atoms with Gasteiger partial charge in [0.1, 0.15) is 0 Å². The minimum atomic E-state index is -0.655. The van der Waals surface area contributed by atoms with E-state index in [2.05, 4.69) is 0 Å². The van der Waals surface area contributed by atoms with E-state index in [0.29, 0.717) is 6.42 Å². The maximum Gasteiger partial charge on any atom is 0.0985 e. The predicted molar refractivity (Wildman–Crippen MR) is 56.4 cm³/mol. The number of alkyl halides is 1. The molecule has 0 bridgehead atoms. The first-order chi connectivity index (χ1) is 5.63. The predicted octanol–water partition coefficient (Wildman–Crippen LogP) is 3.35. The first kappa shape index (κ1) is 17.8. The highest BCUT2D eigenvalue weighted by molar-refractivity contribution is 4.49. The van der Waals surface area contributed by atoms with Crippen LogP contribution in [0.5, 0.6) is 0 Å².